The van der Waals surface area contributed by atoms with Gasteiger partial charge in [0, 0.05) is 29.6 Å². The standard InChI is InChI=1S/C7H7O2S2.Na/c8-11(10)9-6-7-4-2-1-3-5-7;/h1-5H,6H2;/q-1;. The molecule has 0 saturated carbocycles. The smallest absolute Gasteiger partial charge is 0.0512 e. The van der Waals surface area contributed by atoms with Crippen LogP contribution in [-0.4, -0.2) is 29.6 Å². The van der Waals surface area contributed by atoms with E-state index in [9.17, 15) is 4.21 Å². The van der Waals surface area contributed by atoms with E-state index in [-0.39, 0.29) is 29.6 Å². The fourth-order valence-corrected chi connectivity index (χ4v) is 1.07. The SMILES string of the molecule is O=[S-](=S)OCc1ccccc1.[Na]. The molecule has 0 atom stereocenters. The van der Waals surface area contributed by atoms with Crippen molar-refractivity contribution in [2.24, 2.45) is 0 Å². The first-order valence-electron chi connectivity index (χ1n) is 3.05. The number of hydrogen-bond donors (Lipinski definition) is 0. The van der Waals surface area contributed by atoms with Gasteiger partial charge >= 0.3 is 0 Å². The molecule has 1 rings (SSSR count). The van der Waals surface area contributed by atoms with Crippen molar-refractivity contribution < 1.29 is 8.39 Å². The minimum absolute atomic E-state index is 0. The summed E-state index contributed by atoms with van der Waals surface area (Å²) < 4.78 is 15.0. The summed E-state index contributed by atoms with van der Waals surface area (Å²) in [5.74, 6) is 0. The summed E-state index contributed by atoms with van der Waals surface area (Å²) >= 11 is 4.33. The van der Waals surface area contributed by atoms with Crippen LogP contribution in [0.2, 0.25) is 0 Å². The van der Waals surface area contributed by atoms with Crippen molar-refractivity contribution >= 4 is 50.4 Å². The van der Waals surface area contributed by atoms with Gasteiger partial charge in [-0.05, 0) is 5.56 Å². The second kappa shape index (κ2) is 7.00. The molecule has 0 heterocycles. The van der Waals surface area contributed by atoms with Crippen molar-refractivity contribution in [3.8, 4) is 0 Å². The molecule has 0 aromatic heterocycles. The van der Waals surface area contributed by atoms with E-state index in [0.717, 1.165) is 5.56 Å². The average molecular weight is 210 g/mol. The van der Waals surface area contributed by atoms with E-state index < -0.39 is 9.64 Å². The Morgan fingerprint density at radius 2 is 1.92 bits per heavy atom. The van der Waals surface area contributed by atoms with Crippen molar-refractivity contribution in [1.29, 1.82) is 0 Å². The second-order valence-corrected chi connectivity index (χ2v) is 3.41. The molecule has 1 aromatic rings. The molecule has 0 aliphatic rings. The molecule has 0 aliphatic carbocycles. The molecule has 12 heavy (non-hydrogen) atoms. The zero-order chi connectivity index (χ0) is 8.10. The Labute approximate surface area is 101 Å². The Morgan fingerprint density at radius 3 is 2.42 bits per heavy atom. The summed E-state index contributed by atoms with van der Waals surface area (Å²) in [6, 6.07) is 9.48. The van der Waals surface area contributed by atoms with Gasteiger partial charge in [0.15, 0.2) is 0 Å². The van der Waals surface area contributed by atoms with Crippen molar-refractivity contribution in [3.63, 3.8) is 0 Å². The predicted octanol–water partition coefficient (Wildman–Crippen LogP) is 1.16. The summed E-state index contributed by atoms with van der Waals surface area (Å²) in [6.07, 6.45) is 0. The van der Waals surface area contributed by atoms with E-state index in [1.165, 1.54) is 0 Å². The minimum Gasteiger partial charge on any atom is -0.439 e. The maximum Gasteiger partial charge on any atom is 0.0512 e. The quantitative estimate of drug-likeness (QED) is 0.553. The molecular formula is C7H7NaO2S2-. The van der Waals surface area contributed by atoms with Crippen LogP contribution < -0.4 is 0 Å². The molecule has 0 unspecified atom stereocenters. The maximum absolute atomic E-state index is 10.3. The van der Waals surface area contributed by atoms with Gasteiger partial charge in [-0.3, -0.25) is 0 Å². The number of benzene rings is 1. The first kappa shape index (κ1) is 12.6. The fourth-order valence-electron chi connectivity index (χ4n) is 0.690. The van der Waals surface area contributed by atoms with Crippen LogP contribution in [0.3, 0.4) is 0 Å². The van der Waals surface area contributed by atoms with Crippen molar-refractivity contribution in [1.82, 2.24) is 0 Å². The molecule has 0 spiro atoms. The van der Waals surface area contributed by atoms with Gasteiger partial charge < -0.3 is 8.39 Å². The molecule has 0 saturated heterocycles. The van der Waals surface area contributed by atoms with Gasteiger partial charge in [0.05, 0.1) is 6.61 Å². The molecule has 0 N–H and O–H groups in total. The molecule has 0 fully saturated rings. The third kappa shape index (κ3) is 5.24. The Kier molecular flexibility index (Phi) is 7.32. The van der Waals surface area contributed by atoms with Crippen molar-refractivity contribution in [3.05, 3.63) is 35.9 Å². The van der Waals surface area contributed by atoms with Crippen LogP contribution in [0.25, 0.3) is 0 Å². The molecule has 5 heteroatoms. The summed E-state index contributed by atoms with van der Waals surface area (Å²) in [5, 5.41) is 0. The third-order valence-electron chi connectivity index (χ3n) is 1.16. The van der Waals surface area contributed by atoms with Gasteiger partial charge in [-0.2, -0.15) is 0 Å². The Hall–Kier alpha value is 0.550. The van der Waals surface area contributed by atoms with Gasteiger partial charge in [-0.25, -0.2) is 11.2 Å². The molecular weight excluding hydrogens is 203 g/mol. The van der Waals surface area contributed by atoms with Crippen LogP contribution in [0.1, 0.15) is 5.56 Å². The molecule has 0 amide bonds. The molecule has 0 aliphatic heterocycles. The first-order valence-corrected chi connectivity index (χ1v) is 5.05. The number of rotatable bonds is 3. The Morgan fingerprint density at radius 1 is 1.33 bits per heavy atom. The van der Waals surface area contributed by atoms with Gasteiger partial charge in [0.1, 0.15) is 0 Å². The van der Waals surface area contributed by atoms with E-state index in [0.29, 0.717) is 6.61 Å². The fraction of sp³-hybridized carbons (Fsp3) is 0.143. The van der Waals surface area contributed by atoms with Gasteiger partial charge in [0.2, 0.25) is 0 Å². The van der Waals surface area contributed by atoms with Crippen LogP contribution in [-0.2, 0) is 35.8 Å². The normalized spacial score (nSPS) is 9.42. The second-order valence-electron chi connectivity index (χ2n) is 1.95. The summed E-state index contributed by atoms with van der Waals surface area (Å²) in [5.41, 5.74) is 0.978. The molecule has 0 bridgehead atoms. The monoisotopic (exact) mass is 210 g/mol. The van der Waals surface area contributed by atoms with Crippen LogP contribution in [0, 0.1) is 0 Å². The minimum atomic E-state index is -1.58. The average Bonchev–Trinajstić information content (AvgIpc) is 2.03. The first-order chi connectivity index (χ1) is 5.29. The summed E-state index contributed by atoms with van der Waals surface area (Å²) in [7, 11) is -1.58. The van der Waals surface area contributed by atoms with E-state index in [2.05, 4.69) is 11.2 Å². The van der Waals surface area contributed by atoms with Gasteiger partial charge in [-0.1, -0.05) is 40.0 Å². The summed E-state index contributed by atoms with van der Waals surface area (Å²) in [4.78, 5) is 0. The van der Waals surface area contributed by atoms with Crippen LogP contribution in [0.5, 0.6) is 0 Å². The van der Waals surface area contributed by atoms with Crippen LogP contribution in [0.4, 0.5) is 0 Å². The van der Waals surface area contributed by atoms with E-state index in [1.807, 2.05) is 30.3 Å². The van der Waals surface area contributed by atoms with Crippen LogP contribution in [0.15, 0.2) is 30.3 Å². The maximum atomic E-state index is 10.3. The Bertz CT molecular complexity index is 277. The van der Waals surface area contributed by atoms with E-state index in [4.69, 9.17) is 4.18 Å². The van der Waals surface area contributed by atoms with Gasteiger partial charge in [0.25, 0.3) is 0 Å². The van der Waals surface area contributed by atoms with Crippen molar-refractivity contribution in [2.75, 3.05) is 0 Å². The predicted molar refractivity (Wildman–Crippen MR) is 52.4 cm³/mol. The van der Waals surface area contributed by atoms with Crippen molar-refractivity contribution in [2.45, 2.75) is 6.61 Å². The van der Waals surface area contributed by atoms with E-state index in [1.54, 1.807) is 0 Å². The third-order valence-corrected chi connectivity index (χ3v) is 1.76. The molecule has 2 nitrogen and oxygen atoms in total. The van der Waals surface area contributed by atoms with E-state index >= 15 is 0 Å². The topological polar surface area (TPSA) is 26.3 Å². The van der Waals surface area contributed by atoms with Gasteiger partial charge in [-0.15, -0.1) is 0 Å². The zero-order valence-corrected chi connectivity index (χ0v) is 10.4. The molecule has 1 aromatic carbocycles. The van der Waals surface area contributed by atoms with Crippen LogP contribution >= 0.6 is 0 Å². The molecule has 1 radical (unpaired) electrons. The molecule has 61 valence electrons. The number of hydrogen-bond acceptors (Lipinski definition) is 4. The largest absolute Gasteiger partial charge is 0.439 e. The zero-order valence-electron chi connectivity index (χ0n) is 6.73. The summed E-state index contributed by atoms with van der Waals surface area (Å²) in [6.45, 7) is 0.316. The Balaban J connectivity index is 0.00000121.